The van der Waals surface area contributed by atoms with E-state index in [1.807, 2.05) is 0 Å². The van der Waals surface area contributed by atoms with Crippen LogP contribution in [0.2, 0.25) is 0 Å². The minimum absolute atomic E-state index is 0.0397. The van der Waals surface area contributed by atoms with Gasteiger partial charge in [0.25, 0.3) is 0 Å². The molecule has 1 aliphatic heterocycles. The smallest absolute Gasteiger partial charge is 0.326 e. The molecule has 5 heteroatoms. The van der Waals surface area contributed by atoms with Gasteiger partial charge < -0.3 is 15.7 Å². The molecule has 1 aliphatic carbocycles. The first-order valence-corrected chi connectivity index (χ1v) is 6.40. The van der Waals surface area contributed by atoms with Gasteiger partial charge in [-0.2, -0.15) is 0 Å². The minimum Gasteiger partial charge on any atom is -0.480 e. The number of carbonyl (C=O) groups excluding carboxylic acids is 1. The molecule has 2 fully saturated rings. The molecule has 2 rings (SSSR count). The van der Waals surface area contributed by atoms with Crippen LogP contribution in [-0.4, -0.2) is 40.5 Å². The number of likely N-dealkylation sites (tertiary alicyclic amines) is 1. The average Bonchev–Trinajstić information content (AvgIpc) is 2.77. The SMILES string of the molecule is NC1CCCCC1C(=O)N1CCCC1C(=O)O. The van der Waals surface area contributed by atoms with E-state index in [0.29, 0.717) is 13.0 Å². The maximum Gasteiger partial charge on any atom is 0.326 e. The molecule has 2 aliphatic rings. The third-order valence-corrected chi connectivity index (χ3v) is 3.96. The molecule has 5 nitrogen and oxygen atoms in total. The van der Waals surface area contributed by atoms with Crippen molar-refractivity contribution < 1.29 is 14.7 Å². The number of carbonyl (C=O) groups is 2. The fraction of sp³-hybridized carbons (Fsp3) is 0.833. The van der Waals surface area contributed by atoms with Crippen LogP contribution in [0.15, 0.2) is 0 Å². The van der Waals surface area contributed by atoms with Gasteiger partial charge in [-0.1, -0.05) is 12.8 Å². The second-order valence-electron chi connectivity index (χ2n) is 5.08. The lowest BCUT2D eigenvalue weighted by atomic mass is 9.84. The summed E-state index contributed by atoms with van der Waals surface area (Å²) >= 11 is 0. The number of carboxylic acid groups (broad SMARTS) is 1. The first-order valence-electron chi connectivity index (χ1n) is 6.40. The van der Waals surface area contributed by atoms with Gasteiger partial charge in [0, 0.05) is 12.6 Å². The topological polar surface area (TPSA) is 83.6 Å². The summed E-state index contributed by atoms with van der Waals surface area (Å²) in [5, 5.41) is 9.07. The van der Waals surface area contributed by atoms with Crippen LogP contribution in [0, 0.1) is 5.92 Å². The van der Waals surface area contributed by atoms with E-state index < -0.39 is 12.0 Å². The van der Waals surface area contributed by atoms with Crippen molar-refractivity contribution in [1.29, 1.82) is 0 Å². The Morgan fingerprint density at radius 1 is 1.12 bits per heavy atom. The van der Waals surface area contributed by atoms with E-state index in [0.717, 1.165) is 32.1 Å². The molecule has 0 bridgehead atoms. The number of amides is 1. The summed E-state index contributed by atoms with van der Waals surface area (Å²) in [6.45, 7) is 0.568. The largest absolute Gasteiger partial charge is 0.480 e. The van der Waals surface area contributed by atoms with Crippen molar-refractivity contribution in [2.45, 2.75) is 50.6 Å². The number of aliphatic carboxylic acids is 1. The number of hydrogen-bond donors (Lipinski definition) is 2. The van der Waals surface area contributed by atoms with Gasteiger partial charge in [0.2, 0.25) is 5.91 Å². The lowest BCUT2D eigenvalue weighted by molar-refractivity contribution is -0.150. The van der Waals surface area contributed by atoms with Crippen molar-refractivity contribution in [2.75, 3.05) is 6.54 Å². The Labute approximate surface area is 101 Å². The number of nitrogens with zero attached hydrogens (tertiary/aromatic N) is 1. The number of rotatable bonds is 2. The second kappa shape index (κ2) is 5.04. The molecule has 0 aromatic carbocycles. The Morgan fingerprint density at radius 2 is 1.82 bits per heavy atom. The van der Waals surface area contributed by atoms with E-state index in [1.165, 1.54) is 4.90 Å². The van der Waals surface area contributed by atoms with E-state index in [1.54, 1.807) is 0 Å². The molecule has 1 amide bonds. The summed E-state index contributed by atoms with van der Waals surface area (Å²) in [4.78, 5) is 24.9. The van der Waals surface area contributed by atoms with E-state index in [-0.39, 0.29) is 17.9 Å². The molecule has 1 saturated heterocycles. The van der Waals surface area contributed by atoms with Gasteiger partial charge >= 0.3 is 5.97 Å². The molecule has 0 aromatic heterocycles. The van der Waals surface area contributed by atoms with Crippen LogP contribution < -0.4 is 5.73 Å². The summed E-state index contributed by atoms with van der Waals surface area (Å²) in [6.07, 6.45) is 5.14. The van der Waals surface area contributed by atoms with E-state index >= 15 is 0 Å². The summed E-state index contributed by atoms with van der Waals surface area (Å²) in [7, 11) is 0. The highest BCUT2D eigenvalue weighted by Gasteiger charge is 2.39. The highest BCUT2D eigenvalue weighted by atomic mass is 16.4. The fourth-order valence-electron chi connectivity index (χ4n) is 2.97. The molecule has 3 atom stereocenters. The average molecular weight is 240 g/mol. The molecule has 96 valence electrons. The highest BCUT2D eigenvalue weighted by molar-refractivity contribution is 5.86. The van der Waals surface area contributed by atoms with Crippen LogP contribution >= 0.6 is 0 Å². The molecular formula is C12H20N2O3. The molecule has 17 heavy (non-hydrogen) atoms. The van der Waals surface area contributed by atoms with Crippen LogP contribution in [-0.2, 0) is 9.59 Å². The zero-order valence-electron chi connectivity index (χ0n) is 9.97. The molecule has 1 saturated carbocycles. The van der Waals surface area contributed by atoms with Crippen LogP contribution in [0.25, 0.3) is 0 Å². The quantitative estimate of drug-likeness (QED) is 0.739. The van der Waals surface area contributed by atoms with Crippen LogP contribution in [0.3, 0.4) is 0 Å². The third-order valence-electron chi connectivity index (χ3n) is 3.96. The summed E-state index contributed by atoms with van der Waals surface area (Å²) in [5.74, 6) is -1.09. The van der Waals surface area contributed by atoms with Gasteiger partial charge in [0.15, 0.2) is 0 Å². The Kier molecular flexibility index (Phi) is 3.66. The lowest BCUT2D eigenvalue weighted by Gasteiger charge is -2.32. The Morgan fingerprint density at radius 3 is 2.47 bits per heavy atom. The minimum atomic E-state index is -0.889. The first kappa shape index (κ1) is 12.4. The highest BCUT2D eigenvalue weighted by Crippen LogP contribution is 2.28. The van der Waals surface area contributed by atoms with Crippen molar-refractivity contribution >= 4 is 11.9 Å². The Bertz CT molecular complexity index is 319. The van der Waals surface area contributed by atoms with E-state index in [2.05, 4.69) is 0 Å². The van der Waals surface area contributed by atoms with E-state index in [9.17, 15) is 9.59 Å². The number of nitrogens with two attached hydrogens (primary N) is 1. The van der Waals surface area contributed by atoms with Gasteiger partial charge in [-0.15, -0.1) is 0 Å². The van der Waals surface area contributed by atoms with Crippen molar-refractivity contribution in [3.63, 3.8) is 0 Å². The molecule has 0 spiro atoms. The van der Waals surface area contributed by atoms with E-state index in [4.69, 9.17) is 10.8 Å². The summed E-state index contributed by atoms with van der Waals surface area (Å²) in [6, 6.07) is -0.720. The third kappa shape index (κ3) is 2.44. The van der Waals surface area contributed by atoms with Gasteiger partial charge in [-0.3, -0.25) is 4.79 Å². The molecule has 1 heterocycles. The van der Waals surface area contributed by atoms with Crippen molar-refractivity contribution in [3.8, 4) is 0 Å². The first-order chi connectivity index (χ1) is 8.11. The van der Waals surface area contributed by atoms with Crippen LogP contribution in [0.4, 0.5) is 0 Å². The summed E-state index contributed by atoms with van der Waals surface area (Å²) in [5.41, 5.74) is 5.97. The number of carboxylic acids is 1. The molecule has 0 radical (unpaired) electrons. The Balaban J connectivity index is 2.05. The molecule has 3 N–H and O–H groups in total. The molecular weight excluding hydrogens is 220 g/mol. The number of hydrogen-bond acceptors (Lipinski definition) is 3. The fourth-order valence-corrected chi connectivity index (χ4v) is 2.97. The molecule has 0 aromatic rings. The standard InChI is InChI=1S/C12H20N2O3/c13-9-5-2-1-4-8(9)11(15)14-7-3-6-10(14)12(16)17/h8-10H,1-7,13H2,(H,16,17). The zero-order chi connectivity index (χ0) is 12.4. The van der Waals surface area contributed by atoms with Crippen LogP contribution in [0.5, 0.6) is 0 Å². The van der Waals surface area contributed by atoms with Crippen molar-refractivity contribution in [3.05, 3.63) is 0 Å². The maximum atomic E-state index is 12.3. The lowest BCUT2D eigenvalue weighted by Crippen LogP contribution is -2.49. The second-order valence-corrected chi connectivity index (χ2v) is 5.08. The molecule has 3 unspecified atom stereocenters. The monoisotopic (exact) mass is 240 g/mol. The zero-order valence-corrected chi connectivity index (χ0v) is 9.97. The Hall–Kier alpha value is -1.10. The van der Waals surface area contributed by atoms with Gasteiger partial charge in [0.05, 0.1) is 5.92 Å². The summed E-state index contributed by atoms with van der Waals surface area (Å²) < 4.78 is 0. The van der Waals surface area contributed by atoms with Gasteiger partial charge in [-0.05, 0) is 25.7 Å². The predicted molar refractivity (Wildman–Crippen MR) is 62.3 cm³/mol. The van der Waals surface area contributed by atoms with Crippen molar-refractivity contribution in [2.24, 2.45) is 11.7 Å². The normalized spacial score (nSPS) is 33.7. The van der Waals surface area contributed by atoms with Crippen LogP contribution in [0.1, 0.15) is 38.5 Å². The van der Waals surface area contributed by atoms with Gasteiger partial charge in [-0.25, -0.2) is 4.79 Å². The van der Waals surface area contributed by atoms with Gasteiger partial charge in [0.1, 0.15) is 6.04 Å². The van der Waals surface area contributed by atoms with Crippen molar-refractivity contribution in [1.82, 2.24) is 4.90 Å². The predicted octanol–water partition coefficient (Wildman–Crippen LogP) is 0.579. The maximum absolute atomic E-state index is 12.3.